The van der Waals surface area contributed by atoms with E-state index in [9.17, 15) is 0 Å². The Balaban J connectivity index is 0.00000112. The predicted molar refractivity (Wildman–Crippen MR) is 67.9 cm³/mol. The van der Waals surface area contributed by atoms with E-state index in [1.807, 2.05) is 12.1 Å². The van der Waals surface area contributed by atoms with Crippen molar-refractivity contribution in [2.75, 3.05) is 13.1 Å². The molecule has 1 aliphatic rings. The summed E-state index contributed by atoms with van der Waals surface area (Å²) in [6.07, 6.45) is 2.69. The van der Waals surface area contributed by atoms with Crippen LogP contribution in [0.2, 0.25) is 5.02 Å². The average molecular weight is 246 g/mol. The van der Waals surface area contributed by atoms with E-state index in [1.54, 1.807) is 0 Å². The summed E-state index contributed by atoms with van der Waals surface area (Å²) < 4.78 is 0. The number of halogens is 2. The Bertz CT molecular complexity index is 291. The summed E-state index contributed by atoms with van der Waals surface area (Å²) >= 11 is 5.86. The van der Waals surface area contributed by atoms with E-state index in [1.165, 1.54) is 31.5 Å². The Morgan fingerprint density at radius 1 is 1.13 bits per heavy atom. The van der Waals surface area contributed by atoms with Gasteiger partial charge in [0, 0.05) is 11.1 Å². The summed E-state index contributed by atoms with van der Waals surface area (Å²) in [5, 5.41) is 0.822. The molecule has 0 amide bonds. The number of likely N-dealkylation sites (tertiary alicyclic amines) is 1. The molecule has 0 saturated carbocycles. The lowest BCUT2D eigenvalue weighted by atomic mass is 10.1. The lowest BCUT2D eigenvalue weighted by molar-refractivity contribution is 0.263. The first-order chi connectivity index (χ1) is 6.77. The van der Waals surface area contributed by atoms with Gasteiger partial charge >= 0.3 is 0 Å². The Labute approximate surface area is 103 Å². The van der Waals surface area contributed by atoms with E-state index in [0.29, 0.717) is 6.04 Å². The second-order valence-corrected chi connectivity index (χ2v) is 4.41. The lowest BCUT2D eigenvalue weighted by Crippen LogP contribution is -2.23. The highest BCUT2D eigenvalue weighted by molar-refractivity contribution is 6.30. The maximum Gasteiger partial charge on any atom is 0.0406 e. The predicted octanol–water partition coefficient (Wildman–Crippen LogP) is 3.92. The normalized spacial score (nSPS) is 18.5. The summed E-state index contributed by atoms with van der Waals surface area (Å²) in [6, 6.07) is 8.75. The molecule has 1 unspecified atom stereocenters. The van der Waals surface area contributed by atoms with Crippen LogP contribution >= 0.6 is 24.0 Å². The number of benzene rings is 1. The van der Waals surface area contributed by atoms with Crippen molar-refractivity contribution in [1.29, 1.82) is 0 Å². The molecule has 84 valence electrons. The SMILES string of the molecule is CC(c1ccc(Cl)cc1)N1CCCC1.Cl. The average Bonchev–Trinajstić information content (AvgIpc) is 2.71. The third kappa shape index (κ3) is 3.10. The summed E-state index contributed by atoms with van der Waals surface area (Å²) in [6.45, 7) is 4.75. The molecule has 1 fully saturated rings. The van der Waals surface area contributed by atoms with Gasteiger partial charge in [0.2, 0.25) is 0 Å². The first-order valence-electron chi connectivity index (χ1n) is 5.27. The molecule has 2 rings (SSSR count). The number of rotatable bonds is 2. The standard InChI is InChI=1S/C12H16ClN.ClH/c1-10(14-8-2-3-9-14)11-4-6-12(13)7-5-11;/h4-7,10H,2-3,8-9H2,1H3;1H. The molecule has 0 N–H and O–H groups in total. The smallest absolute Gasteiger partial charge is 0.0406 e. The molecule has 1 atom stereocenters. The van der Waals surface area contributed by atoms with Gasteiger partial charge in [-0.05, 0) is 50.6 Å². The van der Waals surface area contributed by atoms with Gasteiger partial charge in [-0.2, -0.15) is 0 Å². The number of hydrogen-bond donors (Lipinski definition) is 0. The largest absolute Gasteiger partial charge is 0.297 e. The fourth-order valence-corrected chi connectivity index (χ4v) is 2.21. The van der Waals surface area contributed by atoms with Crippen LogP contribution in [0.5, 0.6) is 0 Å². The number of hydrogen-bond acceptors (Lipinski definition) is 1. The Morgan fingerprint density at radius 2 is 1.67 bits per heavy atom. The van der Waals surface area contributed by atoms with E-state index < -0.39 is 0 Å². The van der Waals surface area contributed by atoms with Crippen molar-refractivity contribution in [3.63, 3.8) is 0 Å². The molecule has 3 heteroatoms. The number of nitrogens with zero attached hydrogens (tertiary/aromatic N) is 1. The van der Waals surface area contributed by atoms with Crippen LogP contribution < -0.4 is 0 Å². The third-order valence-corrected chi connectivity index (χ3v) is 3.29. The quantitative estimate of drug-likeness (QED) is 0.764. The summed E-state index contributed by atoms with van der Waals surface area (Å²) in [5.74, 6) is 0. The van der Waals surface area contributed by atoms with Crippen molar-refractivity contribution >= 4 is 24.0 Å². The van der Waals surface area contributed by atoms with E-state index in [-0.39, 0.29) is 12.4 Å². The first kappa shape index (κ1) is 12.8. The maximum absolute atomic E-state index is 5.86. The van der Waals surface area contributed by atoms with Gasteiger partial charge in [-0.25, -0.2) is 0 Å². The van der Waals surface area contributed by atoms with Crippen LogP contribution in [0.25, 0.3) is 0 Å². The van der Waals surface area contributed by atoms with Crippen molar-refractivity contribution < 1.29 is 0 Å². The zero-order valence-electron chi connectivity index (χ0n) is 8.95. The Hall–Kier alpha value is -0.240. The van der Waals surface area contributed by atoms with Gasteiger partial charge in [0.15, 0.2) is 0 Å². The highest BCUT2D eigenvalue weighted by atomic mass is 35.5. The molecule has 0 bridgehead atoms. The van der Waals surface area contributed by atoms with E-state index in [4.69, 9.17) is 11.6 Å². The first-order valence-corrected chi connectivity index (χ1v) is 5.64. The molecular weight excluding hydrogens is 229 g/mol. The molecule has 0 spiro atoms. The van der Waals surface area contributed by atoms with Crippen LogP contribution in [0.15, 0.2) is 24.3 Å². The molecule has 1 heterocycles. The summed E-state index contributed by atoms with van der Waals surface area (Å²) in [7, 11) is 0. The minimum atomic E-state index is 0. The highest BCUT2D eigenvalue weighted by Crippen LogP contribution is 2.25. The molecule has 1 nitrogen and oxygen atoms in total. The van der Waals surface area contributed by atoms with Crippen molar-refractivity contribution in [1.82, 2.24) is 4.90 Å². The molecule has 1 aromatic carbocycles. The molecule has 1 saturated heterocycles. The van der Waals surface area contributed by atoms with Crippen molar-refractivity contribution in [2.45, 2.75) is 25.8 Å². The molecule has 0 aromatic heterocycles. The van der Waals surface area contributed by atoms with Crippen LogP contribution in [-0.4, -0.2) is 18.0 Å². The third-order valence-electron chi connectivity index (χ3n) is 3.04. The van der Waals surface area contributed by atoms with Crippen molar-refractivity contribution in [2.24, 2.45) is 0 Å². The molecule has 1 aromatic rings. The van der Waals surface area contributed by atoms with Gasteiger partial charge in [0.1, 0.15) is 0 Å². The van der Waals surface area contributed by atoms with Gasteiger partial charge in [-0.3, -0.25) is 4.90 Å². The lowest BCUT2D eigenvalue weighted by Gasteiger charge is -2.23. The topological polar surface area (TPSA) is 3.24 Å². The minimum Gasteiger partial charge on any atom is -0.297 e. The Morgan fingerprint density at radius 3 is 2.20 bits per heavy atom. The molecular formula is C12H17Cl2N. The summed E-state index contributed by atoms with van der Waals surface area (Å²) in [5.41, 5.74) is 1.37. The van der Waals surface area contributed by atoms with Crippen molar-refractivity contribution in [3.8, 4) is 0 Å². The minimum absolute atomic E-state index is 0. The van der Waals surface area contributed by atoms with Crippen LogP contribution in [0.1, 0.15) is 31.4 Å². The van der Waals surface area contributed by atoms with Gasteiger partial charge < -0.3 is 0 Å². The molecule has 15 heavy (non-hydrogen) atoms. The fourth-order valence-electron chi connectivity index (χ4n) is 2.08. The molecule has 0 radical (unpaired) electrons. The van der Waals surface area contributed by atoms with Gasteiger partial charge in [0.05, 0.1) is 0 Å². The van der Waals surface area contributed by atoms with Crippen LogP contribution in [-0.2, 0) is 0 Å². The monoisotopic (exact) mass is 245 g/mol. The second-order valence-electron chi connectivity index (χ2n) is 3.97. The van der Waals surface area contributed by atoms with Crippen LogP contribution in [0.3, 0.4) is 0 Å². The van der Waals surface area contributed by atoms with Crippen LogP contribution in [0, 0.1) is 0 Å². The summed E-state index contributed by atoms with van der Waals surface area (Å²) in [4.78, 5) is 2.53. The zero-order chi connectivity index (χ0) is 9.97. The van der Waals surface area contributed by atoms with Gasteiger partial charge in [0.25, 0.3) is 0 Å². The molecule has 1 aliphatic heterocycles. The maximum atomic E-state index is 5.86. The molecule has 0 aliphatic carbocycles. The van der Waals surface area contributed by atoms with Crippen molar-refractivity contribution in [3.05, 3.63) is 34.9 Å². The fraction of sp³-hybridized carbons (Fsp3) is 0.500. The Kier molecular flexibility index (Phi) is 4.91. The van der Waals surface area contributed by atoms with Gasteiger partial charge in [-0.15, -0.1) is 12.4 Å². The van der Waals surface area contributed by atoms with Crippen LogP contribution in [0.4, 0.5) is 0 Å². The highest BCUT2D eigenvalue weighted by Gasteiger charge is 2.18. The van der Waals surface area contributed by atoms with E-state index in [2.05, 4.69) is 24.0 Å². The zero-order valence-corrected chi connectivity index (χ0v) is 10.5. The second kappa shape index (κ2) is 5.74. The van der Waals surface area contributed by atoms with Gasteiger partial charge in [-0.1, -0.05) is 23.7 Å². The van der Waals surface area contributed by atoms with E-state index in [0.717, 1.165) is 5.02 Å². The van der Waals surface area contributed by atoms with E-state index >= 15 is 0 Å².